The molecule has 1 aliphatic carbocycles. The second-order valence-corrected chi connectivity index (χ2v) is 11.4. The van der Waals surface area contributed by atoms with Gasteiger partial charge in [0, 0.05) is 52.8 Å². The summed E-state index contributed by atoms with van der Waals surface area (Å²) in [4.78, 5) is 2.55. The summed E-state index contributed by atoms with van der Waals surface area (Å²) < 4.78 is 5.05. The molecular formula is C32H44ClN3. The first-order valence-electron chi connectivity index (χ1n) is 13.5. The summed E-state index contributed by atoms with van der Waals surface area (Å²) in [6, 6.07) is 18.0. The Hall–Kier alpha value is -2.23. The molecule has 0 saturated heterocycles. The Labute approximate surface area is 223 Å². The highest BCUT2D eigenvalue weighted by Gasteiger charge is 2.49. The third-order valence-electron chi connectivity index (χ3n) is 9.61. The van der Waals surface area contributed by atoms with E-state index in [2.05, 4.69) is 112 Å². The normalized spacial score (nSPS) is 17.1. The van der Waals surface area contributed by atoms with Crippen molar-refractivity contribution in [1.82, 2.24) is 14.0 Å². The van der Waals surface area contributed by atoms with Gasteiger partial charge in [0.25, 0.3) is 0 Å². The van der Waals surface area contributed by atoms with E-state index < -0.39 is 0 Å². The summed E-state index contributed by atoms with van der Waals surface area (Å²) in [6.07, 6.45) is 8.73. The molecule has 0 spiro atoms. The smallest absolute Gasteiger partial charge is 0.0515 e. The van der Waals surface area contributed by atoms with Crippen molar-refractivity contribution in [3.63, 3.8) is 0 Å². The fourth-order valence-corrected chi connectivity index (χ4v) is 7.68. The highest BCUT2D eigenvalue weighted by Crippen LogP contribution is 2.53. The van der Waals surface area contributed by atoms with E-state index in [4.69, 9.17) is 0 Å². The molecule has 2 heterocycles. The van der Waals surface area contributed by atoms with Crippen molar-refractivity contribution < 1.29 is 0 Å². The number of hydrogen-bond donors (Lipinski definition) is 0. The van der Waals surface area contributed by atoms with E-state index in [1.54, 1.807) is 0 Å². The maximum Gasteiger partial charge on any atom is 0.0515 e. The van der Waals surface area contributed by atoms with Gasteiger partial charge >= 0.3 is 0 Å². The Morgan fingerprint density at radius 2 is 1.19 bits per heavy atom. The molecule has 1 saturated carbocycles. The lowest BCUT2D eigenvalue weighted by Crippen LogP contribution is -2.51. The van der Waals surface area contributed by atoms with Crippen LogP contribution in [-0.2, 0) is 19.5 Å². The van der Waals surface area contributed by atoms with E-state index in [-0.39, 0.29) is 17.8 Å². The van der Waals surface area contributed by atoms with Crippen LogP contribution in [0.4, 0.5) is 0 Å². The summed E-state index contributed by atoms with van der Waals surface area (Å²) in [5, 5.41) is 2.80. The van der Waals surface area contributed by atoms with Crippen LogP contribution in [-0.4, -0.2) is 33.7 Å². The average molecular weight is 506 g/mol. The molecule has 194 valence electrons. The van der Waals surface area contributed by atoms with Crippen LogP contribution in [0.1, 0.15) is 74.4 Å². The Balaban J connectivity index is 0.00000304. The van der Waals surface area contributed by atoms with Crippen molar-refractivity contribution >= 4 is 34.2 Å². The molecule has 0 atom stereocenters. The van der Waals surface area contributed by atoms with Gasteiger partial charge in [0.05, 0.1) is 5.41 Å². The lowest BCUT2D eigenvalue weighted by molar-refractivity contribution is 0.0630. The van der Waals surface area contributed by atoms with Crippen LogP contribution in [0.15, 0.2) is 48.5 Å². The molecular weight excluding hydrogens is 462 g/mol. The Morgan fingerprint density at radius 1 is 0.750 bits per heavy atom. The van der Waals surface area contributed by atoms with E-state index in [0.29, 0.717) is 5.54 Å². The molecule has 1 fully saturated rings. The Morgan fingerprint density at radius 3 is 1.58 bits per heavy atom. The lowest BCUT2D eigenvalue weighted by Gasteiger charge is -2.51. The van der Waals surface area contributed by atoms with Crippen LogP contribution >= 0.6 is 12.4 Å². The van der Waals surface area contributed by atoms with E-state index >= 15 is 0 Å². The molecule has 4 aromatic rings. The fourth-order valence-electron chi connectivity index (χ4n) is 7.68. The molecule has 3 nitrogen and oxygen atoms in total. The standard InChI is InChI=1S/C32H43N3.ClH/c1-8-9-18-31(33(4)5)19-21-32(22-20-31,29-23(2)25-14-10-12-16-27(25)34(29)6)30-24(3)26-15-11-13-17-28(26)35(30)7;/h10-17H,8-9,18-22H2,1-7H3;1H. The maximum absolute atomic E-state index is 2.55. The van der Waals surface area contributed by atoms with Gasteiger partial charge in [-0.05, 0) is 83.3 Å². The second kappa shape index (κ2) is 9.91. The Bertz CT molecular complexity index is 1200. The first-order valence-corrected chi connectivity index (χ1v) is 13.5. The summed E-state index contributed by atoms with van der Waals surface area (Å²) in [6.45, 7) is 7.05. The molecule has 0 N–H and O–H groups in total. The minimum atomic E-state index is 0. The summed E-state index contributed by atoms with van der Waals surface area (Å²) in [5.41, 5.74) is 8.97. The van der Waals surface area contributed by atoms with Gasteiger partial charge in [0.2, 0.25) is 0 Å². The zero-order chi connectivity index (χ0) is 25.0. The number of benzene rings is 2. The highest BCUT2D eigenvalue weighted by atomic mass is 35.5. The van der Waals surface area contributed by atoms with Gasteiger partial charge in [0.1, 0.15) is 0 Å². The zero-order valence-corrected chi connectivity index (χ0v) is 24.1. The highest BCUT2D eigenvalue weighted by molar-refractivity contribution is 5.88. The van der Waals surface area contributed by atoms with Crippen molar-refractivity contribution in [2.45, 2.75) is 76.7 Å². The second-order valence-electron chi connectivity index (χ2n) is 11.4. The van der Waals surface area contributed by atoms with Crippen LogP contribution < -0.4 is 0 Å². The van der Waals surface area contributed by atoms with E-state index in [1.165, 1.54) is 89.3 Å². The molecule has 0 bridgehead atoms. The van der Waals surface area contributed by atoms with Gasteiger partial charge in [-0.25, -0.2) is 0 Å². The average Bonchev–Trinajstić information content (AvgIpc) is 3.28. The number of unbranched alkanes of at least 4 members (excludes halogenated alkanes) is 1. The van der Waals surface area contributed by atoms with Gasteiger partial charge in [0.15, 0.2) is 0 Å². The van der Waals surface area contributed by atoms with Crippen LogP contribution in [0.2, 0.25) is 0 Å². The Kier molecular flexibility index (Phi) is 7.38. The number of para-hydroxylation sites is 2. The molecule has 4 heteroatoms. The molecule has 0 radical (unpaired) electrons. The third-order valence-corrected chi connectivity index (χ3v) is 9.61. The molecule has 2 aromatic carbocycles. The maximum atomic E-state index is 2.55. The molecule has 0 unspecified atom stereocenters. The number of halogens is 1. The predicted octanol–water partition coefficient (Wildman–Crippen LogP) is 8.06. The van der Waals surface area contributed by atoms with Crippen molar-refractivity contribution in [2.24, 2.45) is 14.1 Å². The predicted molar refractivity (Wildman–Crippen MR) is 158 cm³/mol. The monoisotopic (exact) mass is 505 g/mol. The van der Waals surface area contributed by atoms with Gasteiger partial charge < -0.3 is 14.0 Å². The summed E-state index contributed by atoms with van der Waals surface area (Å²) in [7, 11) is 9.23. The van der Waals surface area contributed by atoms with Crippen molar-refractivity contribution in [2.75, 3.05) is 14.1 Å². The minimum Gasteiger partial charge on any atom is -0.346 e. The molecule has 36 heavy (non-hydrogen) atoms. The number of aryl methyl sites for hydroxylation is 4. The van der Waals surface area contributed by atoms with Crippen LogP contribution in [0.3, 0.4) is 0 Å². The van der Waals surface area contributed by atoms with Crippen LogP contribution in [0.25, 0.3) is 21.8 Å². The van der Waals surface area contributed by atoms with Gasteiger partial charge in [-0.15, -0.1) is 12.4 Å². The topological polar surface area (TPSA) is 13.1 Å². The van der Waals surface area contributed by atoms with Crippen molar-refractivity contribution in [1.29, 1.82) is 0 Å². The number of fused-ring (bicyclic) bond motifs is 2. The SMILES string of the molecule is CCCCC1(N(C)C)CCC(c2c(C)c3ccccc3n2C)(c2c(C)c3ccccc3n2C)CC1.Cl. The van der Waals surface area contributed by atoms with E-state index in [1.807, 2.05) is 0 Å². The first-order chi connectivity index (χ1) is 16.8. The molecule has 0 aliphatic heterocycles. The van der Waals surface area contributed by atoms with Crippen molar-refractivity contribution in [3.8, 4) is 0 Å². The van der Waals surface area contributed by atoms with Crippen molar-refractivity contribution in [3.05, 3.63) is 71.0 Å². The largest absolute Gasteiger partial charge is 0.346 e. The molecule has 2 aromatic heterocycles. The fraction of sp³-hybridized carbons (Fsp3) is 0.500. The van der Waals surface area contributed by atoms with Crippen LogP contribution in [0.5, 0.6) is 0 Å². The zero-order valence-electron chi connectivity index (χ0n) is 23.3. The molecule has 0 amide bonds. The molecule has 5 rings (SSSR count). The quantitative estimate of drug-likeness (QED) is 0.258. The number of hydrogen-bond acceptors (Lipinski definition) is 1. The summed E-state index contributed by atoms with van der Waals surface area (Å²) >= 11 is 0. The minimum absolute atomic E-state index is 0. The molecule has 1 aliphatic rings. The third kappa shape index (κ3) is 3.82. The van der Waals surface area contributed by atoms with E-state index in [9.17, 15) is 0 Å². The van der Waals surface area contributed by atoms with Crippen LogP contribution in [0, 0.1) is 13.8 Å². The first kappa shape index (κ1) is 26.8. The van der Waals surface area contributed by atoms with Gasteiger partial charge in [-0.3, -0.25) is 0 Å². The van der Waals surface area contributed by atoms with E-state index in [0.717, 1.165) is 0 Å². The number of aromatic nitrogens is 2. The van der Waals surface area contributed by atoms with Gasteiger partial charge in [-0.1, -0.05) is 56.2 Å². The number of nitrogens with zero attached hydrogens (tertiary/aromatic N) is 3. The summed E-state index contributed by atoms with van der Waals surface area (Å²) in [5.74, 6) is 0. The number of rotatable bonds is 6. The van der Waals surface area contributed by atoms with Gasteiger partial charge in [-0.2, -0.15) is 0 Å². The lowest BCUT2D eigenvalue weighted by atomic mass is 9.61.